The van der Waals surface area contributed by atoms with Crippen molar-refractivity contribution in [1.29, 1.82) is 5.41 Å². The lowest BCUT2D eigenvalue weighted by Crippen LogP contribution is -2.12. The van der Waals surface area contributed by atoms with Gasteiger partial charge in [-0.15, -0.1) is 11.3 Å². The van der Waals surface area contributed by atoms with Gasteiger partial charge in [-0.3, -0.25) is 5.41 Å². The molecule has 1 heterocycles. The SMILES string of the molecule is CCn1c(-c2cccc(C)c2)csc1=N. The van der Waals surface area contributed by atoms with Crippen LogP contribution in [0.5, 0.6) is 0 Å². The third-order valence-corrected chi connectivity index (χ3v) is 3.23. The molecule has 2 nitrogen and oxygen atoms in total. The van der Waals surface area contributed by atoms with Crippen LogP contribution in [-0.2, 0) is 6.54 Å². The Morgan fingerprint density at radius 2 is 2.20 bits per heavy atom. The zero-order valence-electron chi connectivity index (χ0n) is 8.95. The molecule has 0 amide bonds. The highest BCUT2D eigenvalue weighted by Gasteiger charge is 2.05. The van der Waals surface area contributed by atoms with Gasteiger partial charge in [0.2, 0.25) is 0 Å². The van der Waals surface area contributed by atoms with Gasteiger partial charge < -0.3 is 4.57 Å². The van der Waals surface area contributed by atoms with Crippen molar-refractivity contribution in [1.82, 2.24) is 4.57 Å². The van der Waals surface area contributed by atoms with Crippen LogP contribution >= 0.6 is 11.3 Å². The highest BCUT2D eigenvalue weighted by molar-refractivity contribution is 7.07. The molecule has 0 aliphatic heterocycles. The summed E-state index contributed by atoms with van der Waals surface area (Å²) in [5.74, 6) is 0. The van der Waals surface area contributed by atoms with E-state index in [0.717, 1.165) is 12.2 Å². The molecule has 1 aromatic heterocycles. The second-order valence-electron chi connectivity index (χ2n) is 3.54. The molecule has 0 atom stereocenters. The van der Waals surface area contributed by atoms with Crippen molar-refractivity contribution >= 4 is 11.3 Å². The maximum absolute atomic E-state index is 7.78. The van der Waals surface area contributed by atoms with Crippen molar-refractivity contribution < 1.29 is 0 Å². The van der Waals surface area contributed by atoms with Crippen molar-refractivity contribution in [3.63, 3.8) is 0 Å². The fourth-order valence-corrected chi connectivity index (χ4v) is 2.53. The first kappa shape index (κ1) is 10.2. The third-order valence-electron chi connectivity index (χ3n) is 2.45. The Morgan fingerprint density at radius 3 is 2.87 bits per heavy atom. The molecule has 0 spiro atoms. The summed E-state index contributed by atoms with van der Waals surface area (Å²) in [7, 11) is 0. The van der Waals surface area contributed by atoms with Crippen molar-refractivity contribution in [2.45, 2.75) is 20.4 Å². The van der Waals surface area contributed by atoms with E-state index in [1.54, 1.807) is 0 Å². The molecule has 0 aliphatic rings. The molecule has 3 heteroatoms. The predicted octanol–water partition coefficient (Wildman–Crippen LogP) is 3.02. The van der Waals surface area contributed by atoms with Crippen molar-refractivity contribution in [3.05, 3.63) is 40.0 Å². The molecule has 1 N–H and O–H groups in total. The maximum atomic E-state index is 7.78. The van der Waals surface area contributed by atoms with E-state index in [9.17, 15) is 0 Å². The molecule has 0 radical (unpaired) electrons. The average molecular weight is 218 g/mol. The topological polar surface area (TPSA) is 28.8 Å². The zero-order valence-corrected chi connectivity index (χ0v) is 9.77. The summed E-state index contributed by atoms with van der Waals surface area (Å²) in [6.07, 6.45) is 0. The molecule has 2 rings (SSSR count). The summed E-state index contributed by atoms with van der Waals surface area (Å²) < 4.78 is 2.03. The molecule has 0 saturated heterocycles. The van der Waals surface area contributed by atoms with E-state index in [-0.39, 0.29) is 0 Å². The number of aromatic nitrogens is 1. The summed E-state index contributed by atoms with van der Waals surface area (Å²) in [6.45, 7) is 5.02. The minimum absolute atomic E-state index is 0.619. The van der Waals surface area contributed by atoms with Gasteiger partial charge in [-0.05, 0) is 25.5 Å². The Bertz CT molecular complexity index is 522. The Kier molecular flexibility index (Phi) is 2.73. The van der Waals surface area contributed by atoms with E-state index in [1.807, 2.05) is 4.57 Å². The van der Waals surface area contributed by atoms with Crippen LogP contribution in [0, 0.1) is 12.3 Å². The molecule has 0 bridgehead atoms. The average Bonchev–Trinajstić information content (AvgIpc) is 2.59. The second-order valence-corrected chi connectivity index (χ2v) is 4.40. The summed E-state index contributed by atoms with van der Waals surface area (Å²) in [4.78, 5) is 0.619. The summed E-state index contributed by atoms with van der Waals surface area (Å²) >= 11 is 1.49. The van der Waals surface area contributed by atoms with Gasteiger partial charge in [0.05, 0.1) is 5.69 Å². The van der Waals surface area contributed by atoms with Gasteiger partial charge in [-0.25, -0.2) is 0 Å². The normalized spacial score (nSPS) is 10.5. The van der Waals surface area contributed by atoms with Crippen molar-refractivity contribution in [2.24, 2.45) is 0 Å². The van der Waals surface area contributed by atoms with Crippen molar-refractivity contribution in [2.75, 3.05) is 0 Å². The molecule has 1 aromatic carbocycles. The van der Waals surface area contributed by atoms with Gasteiger partial charge in [0, 0.05) is 11.9 Å². The van der Waals surface area contributed by atoms with E-state index < -0.39 is 0 Å². The Labute approximate surface area is 93.3 Å². The fraction of sp³-hybridized carbons (Fsp3) is 0.250. The number of hydrogen-bond acceptors (Lipinski definition) is 2. The zero-order chi connectivity index (χ0) is 10.8. The van der Waals surface area contributed by atoms with Crippen molar-refractivity contribution in [3.8, 4) is 11.3 Å². The largest absolute Gasteiger partial charge is 0.317 e. The lowest BCUT2D eigenvalue weighted by Gasteiger charge is -2.06. The van der Waals surface area contributed by atoms with Crippen LogP contribution in [-0.4, -0.2) is 4.57 Å². The molecule has 0 aliphatic carbocycles. The number of rotatable bonds is 2. The van der Waals surface area contributed by atoms with Crippen LogP contribution in [0.15, 0.2) is 29.6 Å². The predicted molar refractivity (Wildman–Crippen MR) is 64.0 cm³/mol. The quantitative estimate of drug-likeness (QED) is 0.803. The van der Waals surface area contributed by atoms with Crippen LogP contribution in [0.25, 0.3) is 11.3 Å². The monoisotopic (exact) mass is 218 g/mol. The molecule has 78 valence electrons. The summed E-state index contributed by atoms with van der Waals surface area (Å²) in [5.41, 5.74) is 3.61. The smallest absolute Gasteiger partial charge is 0.182 e. The highest BCUT2D eigenvalue weighted by atomic mass is 32.1. The molecule has 15 heavy (non-hydrogen) atoms. The number of benzene rings is 1. The van der Waals surface area contributed by atoms with Gasteiger partial charge in [0.1, 0.15) is 0 Å². The first-order chi connectivity index (χ1) is 7.22. The summed E-state index contributed by atoms with van der Waals surface area (Å²) in [5, 5.41) is 9.83. The first-order valence-corrected chi connectivity index (χ1v) is 5.90. The van der Waals surface area contributed by atoms with Crippen LogP contribution in [0.4, 0.5) is 0 Å². The molecular weight excluding hydrogens is 204 g/mol. The van der Waals surface area contributed by atoms with Crippen LogP contribution < -0.4 is 4.80 Å². The first-order valence-electron chi connectivity index (χ1n) is 5.02. The van der Waals surface area contributed by atoms with E-state index in [1.165, 1.54) is 22.5 Å². The van der Waals surface area contributed by atoms with E-state index in [0.29, 0.717) is 4.80 Å². The molecule has 0 unspecified atom stereocenters. The van der Waals surface area contributed by atoms with E-state index >= 15 is 0 Å². The van der Waals surface area contributed by atoms with Gasteiger partial charge in [-0.2, -0.15) is 0 Å². The lowest BCUT2D eigenvalue weighted by molar-refractivity contribution is 0.735. The minimum atomic E-state index is 0.619. The second kappa shape index (κ2) is 4.03. The van der Waals surface area contributed by atoms with Gasteiger partial charge in [0.15, 0.2) is 4.80 Å². The third kappa shape index (κ3) is 1.88. The van der Waals surface area contributed by atoms with Crippen LogP contribution in [0.2, 0.25) is 0 Å². The summed E-state index contributed by atoms with van der Waals surface area (Å²) in [6, 6.07) is 8.41. The number of nitrogens with one attached hydrogen (secondary N) is 1. The number of thiazole rings is 1. The van der Waals surface area contributed by atoms with Crippen LogP contribution in [0.1, 0.15) is 12.5 Å². The number of hydrogen-bond donors (Lipinski definition) is 1. The van der Waals surface area contributed by atoms with Crippen LogP contribution in [0.3, 0.4) is 0 Å². The molecular formula is C12H14N2S. The lowest BCUT2D eigenvalue weighted by atomic mass is 10.1. The number of nitrogens with zero attached hydrogens (tertiary/aromatic N) is 1. The minimum Gasteiger partial charge on any atom is -0.317 e. The van der Waals surface area contributed by atoms with E-state index in [2.05, 4.69) is 43.5 Å². The standard InChI is InChI=1S/C12H14N2S/c1-3-14-11(8-15-12(14)13)10-6-4-5-9(2)7-10/h4-8,13H,3H2,1-2H3. The molecule has 0 fully saturated rings. The Morgan fingerprint density at radius 1 is 1.40 bits per heavy atom. The Balaban J connectivity index is 2.59. The van der Waals surface area contributed by atoms with Gasteiger partial charge in [0.25, 0.3) is 0 Å². The molecule has 0 saturated carbocycles. The highest BCUT2D eigenvalue weighted by Crippen LogP contribution is 2.20. The van der Waals surface area contributed by atoms with Gasteiger partial charge >= 0.3 is 0 Å². The number of aryl methyl sites for hydroxylation is 1. The Hall–Kier alpha value is -1.35. The maximum Gasteiger partial charge on any atom is 0.182 e. The van der Waals surface area contributed by atoms with Gasteiger partial charge in [-0.1, -0.05) is 23.8 Å². The van der Waals surface area contributed by atoms with E-state index in [4.69, 9.17) is 5.41 Å². The fourth-order valence-electron chi connectivity index (χ4n) is 1.69. The molecule has 2 aromatic rings.